The maximum Gasteiger partial charge on any atom is 0.123 e. The van der Waals surface area contributed by atoms with Gasteiger partial charge in [0.2, 0.25) is 0 Å². The summed E-state index contributed by atoms with van der Waals surface area (Å²) in [6, 6.07) is 2.02. The molecule has 122 valence electrons. The van der Waals surface area contributed by atoms with Crippen LogP contribution < -0.4 is 5.32 Å². The van der Waals surface area contributed by atoms with Crippen LogP contribution in [0.25, 0.3) is 0 Å². The fourth-order valence-electron chi connectivity index (χ4n) is 2.29. The van der Waals surface area contributed by atoms with Crippen LogP contribution in [0.5, 0.6) is 0 Å². The topological polar surface area (TPSA) is 34.4 Å². The summed E-state index contributed by atoms with van der Waals surface area (Å²) in [6.07, 6.45) is 9.59. The van der Waals surface area contributed by atoms with Gasteiger partial charge in [-0.2, -0.15) is 0 Å². The van der Waals surface area contributed by atoms with Crippen molar-refractivity contribution in [1.29, 1.82) is 0 Å². The highest BCUT2D eigenvalue weighted by atomic mass is 16.5. The van der Waals surface area contributed by atoms with Gasteiger partial charge in [-0.25, -0.2) is 0 Å². The molecule has 0 aliphatic heterocycles. The number of nitrogens with one attached hydrogen (secondary N) is 1. The molecule has 1 aromatic heterocycles. The molecule has 3 heteroatoms. The molecule has 0 unspecified atom stereocenters. The van der Waals surface area contributed by atoms with Gasteiger partial charge in [0.05, 0.1) is 19.4 Å². The number of rotatable bonds is 13. The minimum absolute atomic E-state index is 0.660. The van der Waals surface area contributed by atoms with Crippen LogP contribution in [0.15, 0.2) is 16.7 Å². The van der Waals surface area contributed by atoms with Crippen molar-refractivity contribution in [2.45, 2.75) is 72.4 Å². The molecule has 0 saturated carbocycles. The quantitative estimate of drug-likeness (QED) is 0.525. The van der Waals surface area contributed by atoms with E-state index in [1.807, 2.05) is 6.07 Å². The minimum Gasteiger partial charge on any atom is -0.468 e. The Morgan fingerprint density at radius 1 is 1.14 bits per heavy atom. The lowest BCUT2D eigenvalue weighted by molar-refractivity contribution is 0.115. The van der Waals surface area contributed by atoms with Gasteiger partial charge in [-0.3, -0.25) is 0 Å². The number of unbranched alkanes of at least 4 members (excludes halogenated alkanes) is 5. The smallest absolute Gasteiger partial charge is 0.123 e. The Kier molecular flexibility index (Phi) is 10.3. The van der Waals surface area contributed by atoms with E-state index in [1.54, 1.807) is 6.26 Å². The molecule has 0 bridgehead atoms. The molecule has 0 saturated heterocycles. The second-order valence-electron chi connectivity index (χ2n) is 6.21. The summed E-state index contributed by atoms with van der Waals surface area (Å²) in [5, 5.41) is 3.41. The van der Waals surface area contributed by atoms with Crippen molar-refractivity contribution in [2.75, 3.05) is 13.2 Å². The third-order valence-corrected chi connectivity index (χ3v) is 3.58. The molecule has 0 amide bonds. The highest BCUT2D eigenvalue weighted by Gasteiger charge is 2.06. The first-order valence-corrected chi connectivity index (χ1v) is 8.57. The van der Waals surface area contributed by atoms with Crippen molar-refractivity contribution >= 4 is 0 Å². The molecular weight excluding hydrogens is 262 g/mol. The van der Waals surface area contributed by atoms with E-state index in [2.05, 4.69) is 26.1 Å². The van der Waals surface area contributed by atoms with E-state index < -0.39 is 0 Å². The van der Waals surface area contributed by atoms with Crippen LogP contribution in [-0.2, 0) is 17.9 Å². The predicted octanol–water partition coefficient (Wildman–Crippen LogP) is 4.90. The third-order valence-electron chi connectivity index (χ3n) is 3.58. The van der Waals surface area contributed by atoms with Gasteiger partial charge in [-0.15, -0.1) is 0 Å². The molecule has 1 rings (SSSR count). The van der Waals surface area contributed by atoms with E-state index in [4.69, 9.17) is 9.15 Å². The maximum atomic E-state index is 5.76. The van der Waals surface area contributed by atoms with Gasteiger partial charge >= 0.3 is 0 Å². The lowest BCUT2D eigenvalue weighted by Crippen LogP contribution is -2.19. The zero-order valence-electron chi connectivity index (χ0n) is 14.1. The Morgan fingerprint density at radius 2 is 1.90 bits per heavy atom. The predicted molar refractivity (Wildman–Crippen MR) is 88.3 cm³/mol. The lowest BCUT2D eigenvalue weighted by Gasteiger charge is -2.08. The molecule has 1 N–H and O–H groups in total. The van der Waals surface area contributed by atoms with Crippen molar-refractivity contribution in [3.8, 4) is 0 Å². The Bertz CT molecular complexity index is 347. The molecule has 0 aromatic carbocycles. The standard InChI is InChI=1S/C18H33NO2/c1-4-5-6-7-8-9-11-20-15-17-10-12-21-18(17)14-19-13-16(2)3/h10,12,16,19H,4-9,11,13-15H2,1-3H3. The zero-order valence-corrected chi connectivity index (χ0v) is 14.1. The summed E-state index contributed by atoms with van der Waals surface area (Å²) >= 11 is 0. The zero-order chi connectivity index (χ0) is 15.3. The molecular formula is C18H33NO2. The number of hydrogen-bond donors (Lipinski definition) is 1. The third kappa shape index (κ3) is 8.94. The summed E-state index contributed by atoms with van der Waals surface area (Å²) in [5.41, 5.74) is 1.18. The van der Waals surface area contributed by atoms with Crippen molar-refractivity contribution in [3.63, 3.8) is 0 Å². The highest BCUT2D eigenvalue weighted by Crippen LogP contribution is 2.12. The average Bonchev–Trinajstić information content (AvgIpc) is 2.89. The number of hydrogen-bond acceptors (Lipinski definition) is 3. The van der Waals surface area contributed by atoms with Gasteiger partial charge in [0, 0.05) is 12.2 Å². The van der Waals surface area contributed by atoms with Crippen LogP contribution in [0.2, 0.25) is 0 Å². The van der Waals surface area contributed by atoms with Gasteiger partial charge in [0.15, 0.2) is 0 Å². The molecule has 0 fully saturated rings. The molecule has 0 radical (unpaired) electrons. The lowest BCUT2D eigenvalue weighted by atomic mass is 10.1. The first kappa shape index (κ1) is 18.2. The Hall–Kier alpha value is -0.800. The Balaban J connectivity index is 2.08. The summed E-state index contributed by atoms with van der Waals surface area (Å²) in [7, 11) is 0. The summed E-state index contributed by atoms with van der Waals surface area (Å²) < 4.78 is 11.3. The Morgan fingerprint density at radius 3 is 2.67 bits per heavy atom. The van der Waals surface area contributed by atoms with Crippen molar-refractivity contribution < 1.29 is 9.15 Å². The molecule has 21 heavy (non-hydrogen) atoms. The van der Waals surface area contributed by atoms with Crippen molar-refractivity contribution in [2.24, 2.45) is 5.92 Å². The van der Waals surface area contributed by atoms with E-state index in [9.17, 15) is 0 Å². The second-order valence-corrected chi connectivity index (χ2v) is 6.21. The Labute approximate surface area is 130 Å². The van der Waals surface area contributed by atoms with E-state index in [1.165, 1.54) is 44.1 Å². The normalized spacial score (nSPS) is 11.4. The van der Waals surface area contributed by atoms with Crippen LogP contribution in [0.1, 0.15) is 70.6 Å². The first-order chi connectivity index (χ1) is 10.2. The fourth-order valence-corrected chi connectivity index (χ4v) is 2.29. The second kappa shape index (κ2) is 11.8. The first-order valence-electron chi connectivity index (χ1n) is 8.57. The fraction of sp³-hybridized carbons (Fsp3) is 0.778. The van der Waals surface area contributed by atoms with Crippen LogP contribution in [0, 0.1) is 5.92 Å². The van der Waals surface area contributed by atoms with Gasteiger partial charge in [0.1, 0.15) is 5.76 Å². The van der Waals surface area contributed by atoms with Crippen molar-refractivity contribution in [3.05, 3.63) is 23.7 Å². The summed E-state index contributed by atoms with van der Waals surface area (Å²) in [6.45, 7) is 10.0. The largest absolute Gasteiger partial charge is 0.468 e. The SMILES string of the molecule is CCCCCCCCOCc1ccoc1CNCC(C)C. The summed E-state index contributed by atoms with van der Waals surface area (Å²) in [4.78, 5) is 0. The van der Waals surface area contributed by atoms with Crippen LogP contribution in [0.3, 0.4) is 0 Å². The molecule has 0 aliphatic carbocycles. The molecule has 0 aliphatic rings. The molecule has 0 spiro atoms. The minimum atomic E-state index is 0.660. The number of furan rings is 1. The average molecular weight is 295 g/mol. The maximum absolute atomic E-state index is 5.76. The molecule has 1 heterocycles. The van der Waals surface area contributed by atoms with Crippen LogP contribution in [-0.4, -0.2) is 13.2 Å². The molecule has 1 aromatic rings. The number of ether oxygens (including phenoxy) is 1. The van der Waals surface area contributed by atoms with Gasteiger partial charge in [0.25, 0.3) is 0 Å². The van der Waals surface area contributed by atoms with E-state index in [-0.39, 0.29) is 0 Å². The summed E-state index contributed by atoms with van der Waals surface area (Å²) in [5.74, 6) is 1.67. The van der Waals surface area contributed by atoms with E-state index >= 15 is 0 Å². The highest BCUT2D eigenvalue weighted by molar-refractivity contribution is 5.15. The van der Waals surface area contributed by atoms with Crippen LogP contribution >= 0.6 is 0 Å². The van der Waals surface area contributed by atoms with Gasteiger partial charge in [-0.05, 0) is 24.9 Å². The van der Waals surface area contributed by atoms with Crippen LogP contribution in [0.4, 0.5) is 0 Å². The monoisotopic (exact) mass is 295 g/mol. The molecule has 0 atom stereocenters. The van der Waals surface area contributed by atoms with E-state index in [0.29, 0.717) is 12.5 Å². The van der Waals surface area contributed by atoms with Gasteiger partial charge < -0.3 is 14.5 Å². The molecule has 3 nitrogen and oxygen atoms in total. The van der Waals surface area contributed by atoms with E-state index in [0.717, 1.165) is 25.5 Å². The van der Waals surface area contributed by atoms with Gasteiger partial charge in [-0.1, -0.05) is 52.9 Å². The van der Waals surface area contributed by atoms with Crippen molar-refractivity contribution in [1.82, 2.24) is 5.32 Å².